The molecule has 2 N–H and O–H groups in total. The normalized spacial score (nSPS) is 17.9. The Bertz CT molecular complexity index is 491. The summed E-state index contributed by atoms with van der Waals surface area (Å²) < 4.78 is 0.227. The van der Waals surface area contributed by atoms with Crippen LogP contribution in [0.5, 0.6) is 0 Å². The van der Waals surface area contributed by atoms with E-state index in [1.165, 1.54) is 30.8 Å². The van der Waals surface area contributed by atoms with Crippen LogP contribution in [0.3, 0.4) is 0 Å². The Morgan fingerprint density at radius 2 is 2.12 bits per heavy atom. The van der Waals surface area contributed by atoms with E-state index in [1.54, 1.807) is 0 Å². The van der Waals surface area contributed by atoms with Gasteiger partial charge in [-0.2, -0.15) is 11.8 Å². The molecule has 0 atom stereocenters. The number of nitrogens with one attached hydrogen (secondary N) is 2. The molecule has 0 unspecified atom stereocenters. The summed E-state index contributed by atoms with van der Waals surface area (Å²) in [6.07, 6.45) is 4.69. The second-order valence-electron chi connectivity index (χ2n) is 7.07. The van der Waals surface area contributed by atoms with E-state index in [0.29, 0.717) is 0 Å². The Morgan fingerprint density at radius 1 is 1.38 bits per heavy atom. The molecule has 136 valence electrons. The van der Waals surface area contributed by atoms with Crippen molar-refractivity contribution in [1.29, 1.82) is 0 Å². The molecule has 1 fully saturated rings. The first-order valence-corrected chi connectivity index (χ1v) is 10.9. The monoisotopic (exact) mass is 368 g/mol. The molecule has 0 aliphatic carbocycles. The second kappa shape index (κ2) is 9.68. The third-order valence-electron chi connectivity index (χ3n) is 4.68. The van der Waals surface area contributed by atoms with E-state index >= 15 is 0 Å². The summed E-state index contributed by atoms with van der Waals surface area (Å²) in [5.41, 5.74) is 0. The minimum absolute atomic E-state index is 0.227. The van der Waals surface area contributed by atoms with Crippen LogP contribution in [-0.2, 0) is 6.54 Å². The molecule has 0 spiro atoms. The number of aliphatic imine (C=N–C) groups is 1. The molecule has 0 aromatic carbocycles. The third kappa shape index (κ3) is 6.65. The molecule has 0 radical (unpaired) electrons. The zero-order valence-electron chi connectivity index (χ0n) is 15.5. The average molecular weight is 369 g/mol. The maximum Gasteiger partial charge on any atom is 0.191 e. The highest BCUT2D eigenvalue weighted by Gasteiger charge is 2.20. The molecule has 1 saturated heterocycles. The molecule has 0 amide bonds. The number of rotatable bonds is 7. The fourth-order valence-corrected chi connectivity index (χ4v) is 3.76. The lowest BCUT2D eigenvalue weighted by atomic mass is 9.97. The Kier molecular flexibility index (Phi) is 7.91. The van der Waals surface area contributed by atoms with Crippen molar-refractivity contribution < 1.29 is 0 Å². The highest BCUT2D eigenvalue weighted by molar-refractivity contribution is 7.99. The zero-order valence-corrected chi connectivity index (χ0v) is 17.1. The van der Waals surface area contributed by atoms with Crippen LogP contribution >= 0.6 is 23.1 Å². The van der Waals surface area contributed by atoms with E-state index in [2.05, 4.69) is 58.1 Å². The van der Waals surface area contributed by atoms with Gasteiger partial charge in [-0.15, -0.1) is 11.3 Å². The molecule has 1 aliphatic heterocycles. The van der Waals surface area contributed by atoms with Crippen molar-refractivity contribution in [1.82, 2.24) is 15.5 Å². The predicted octanol–water partition coefficient (Wildman–Crippen LogP) is 3.27. The van der Waals surface area contributed by atoms with E-state index in [9.17, 15) is 0 Å². The maximum atomic E-state index is 4.35. The van der Waals surface area contributed by atoms with Crippen LogP contribution in [0.2, 0.25) is 0 Å². The number of hydrogen-bond donors (Lipinski definition) is 2. The van der Waals surface area contributed by atoms with Gasteiger partial charge in [-0.05, 0) is 63.4 Å². The van der Waals surface area contributed by atoms with Gasteiger partial charge in [0.25, 0.3) is 0 Å². The lowest BCUT2D eigenvalue weighted by molar-refractivity contribution is 0.179. The zero-order chi connectivity index (χ0) is 17.4. The molecular formula is C18H32N4S2. The molecule has 2 heterocycles. The van der Waals surface area contributed by atoms with Crippen LogP contribution in [0.15, 0.2) is 22.5 Å². The molecule has 1 aromatic heterocycles. The smallest absolute Gasteiger partial charge is 0.191 e. The molecule has 6 heteroatoms. The SMILES string of the molecule is CN=C(NCC1CCN(Cc2cccs2)CC1)NCC(C)(C)SC. The van der Waals surface area contributed by atoms with Crippen molar-refractivity contribution >= 4 is 29.1 Å². The highest BCUT2D eigenvalue weighted by atomic mass is 32.2. The quantitative estimate of drug-likeness (QED) is 0.572. The summed E-state index contributed by atoms with van der Waals surface area (Å²) in [6, 6.07) is 4.39. The van der Waals surface area contributed by atoms with Crippen LogP contribution in [-0.4, -0.2) is 55.1 Å². The van der Waals surface area contributed by atoms with Gasteiger partial charge in [-0.25, -0.2) is 0 Å². The molecule has 0 saturated carbocycles. The van der Waals surface area contributed by atoms with E-state index < -0.39 is 0 Å². The number of guanidine groups is 1. The Morgan fingerprint density at radius 3 is 2.71 bits per heavy atom. The maximum absolute atomic E-state index is 4.35. The van der Waals surface area contributed by atoms with Gasteiger partial charge in [0.1, 0.15) is 0 Å². The average Bonchev–Trinajstić information content (AvgIpc) is 3.09. The van der Waals surface area contributed by atoms with Crippen molar-refractivity contribution in [3.8, 4) is 0 Å². The molecule has 0 bridgehead atoms. The minimum Gasteiger partial charge on any atom is -0.356 e. The molecule has 1 aromatic rings. The predicted molar refractivity (Wildman–Crippen MR) is 109 cm³/mol. The number of hydrogen-bond acceptors (Lipinski definition) is 4. The number of thiophene rings is 1. The van der Waals surface area contributed by atoms with Crippen LogP contribution in [0, 0.1) is 5.92 Å². The molecule has 2 rings (SSSR count). The van der Waals surface area contributed by atoms with E-state index in [4.69, 9.17) is 0 Å². The Hall–Kier alpha value is -0.720. The fraction of sp³-hybridized carbons (Fsp3) is 0.722. The van der Waals surface area contributed by atoms with Crippen molar-refractivity contribution in [2.24, 2.45) is 10.9 Å². The summed E-state index contributed by atoms with van der Waals surface area (Å²) in [5.74, 6) is 1.68. The highest BCUT2D eigenvalue weighted by Crippen LogP contribution is 2.21. The first-order valence-electron chi connectivity index (χ1n) is 8.77. The summed E-state index contributed by atoms with van der Waals surface area (Å²) in [7, 11) is 1.85. The summed E-state index contributed by atoms with van der Waals surface area (Å²) in [6.45, 7) is 9.97. The van der Waals surface area contributed by atoms with Gasteiger partial charge >= 0.3 is 0 Å². The van der Waals surface area contributed by atoms with Gasteiger partial charge in [-0.3, -0.25) is 9.89 Å². The number of nitrogens with zero attached hydrogens (tertiary/aromatic N) is 2. The summed E-state index contributed by atoms with van der Waals surface area (Å²) >= 11 is 3.74. The topological polar surface area (TPSA) is 39.7 Å². The van der Waals surface area contributed by atoms with Crippen molar-refractivity contribution in [3.63, 3.8) is 0 Å². The Labute approximate surface area is 155 Å². The minimum atomic E-state index is 0.227. The largest absolute Gasteiger partial charge is 0.356 e. The third-order valence-corrected chi connectivity index (χ3v) is 6.79. The van der Waals surface area contributed by atoms with Crippen molar-refractivity contribution in [3.05, 3.63) is 22.4 Å². The standard InChI is InChI=1S/C18H32N4S2/c1-18(2,23-4)14-21-17(19-3)20-12-15-7-9-22(10-8-15)13-16-6-5-11-24-16/h5-6,11,15H,7-10,12-14H2,1-4H3,(H2,19,20,21). The first-order chi connectivity index (χ1) is 11.5. The number of piperidine rings is 1. The van der Waals surface area contributed by atoms with Crippen molar-refractivity contribution in [2.45, 2.75) is 38.0 Å². The second-order valence-corrected chi connectivity index (χ2v) is 9.62. The van der Waals surface area contributed by atoms with E-state index in [1.807, 2.05) is 30.1 Å². The van der Waals surface area contributed by atoms with Crippen LogP contribution < -0.4 is 10.6 Å². The number of thioether (sulfide) groups is 1. The lowest BCUT2D eigenvalue weighted by Gasteiger charge is -2.32. The van der Waals surface area contributed by atoms with Crippen molar-refractivity contribution in [2.75, 3.05) is 39.5 Å². The van der Waals surface area contributed by atoms with Crippen LogP contribution in [0.25, 0.3) is 0 Å². The van der Waals surface area contributed by atoms with Crippen LogP contribution in [0.4, 0.5) is 0 Å². The molecule has 1 aliphatic rings. The molecule has 24 heavy (non-hydrogen) atoms. The number of likely N-dealkylation sites (tertiary alicyclic amines) is 1. The summed E-state index contributed by atoms with van der Waals surface area (Å²) in [4.78, 5) is 8.41. The van der Waals surface area contributed by atoms with Gasteiger partial charge in [0, 0.05) is 36.3 Å². The Balaban J connectivity index is 1.66. The van der Waals surface area contributed by atoms with Crippen LogP contribution in [0.1, 0.15) is 31.6 Å². The summed E-state index contributed by atoms with van der Waals surface area (Å²) in [5, 5.41) is 9.13. The van der Waals surface area contributed by atoms with Gasteiger partial charge in [0.15, 0.2) is 5.96 Å². The fourth-order valence-electron chi connectivity index (χ4n) is 2.80. The molecule has 4 nitrogen and oxygen atoms in total. The van der Waals surface area contributed by atoms with E-state index in [0.717, 1.165) is 31.5 Å². The van der Waals surface area contributed by atoms with Gasteiger partial charge in [-0.1, -0.05) is 6.07 Å². The van der Waals surface area contributed by atoms with E-state index in [-0.39, 0.29) is 4.75 Å². The first kappa shape index (κ1) is 19.6. The molecular weight excluding hydrogens is 336 g/mol. The van der Waals surface area contributed by atoms with Gasteiger partial charge in [0.05, 0.1) is 0 Å². The van der Waals surface area contributed by atoms with Gasteiger partial charge < -0.3 is 10.6 Å². The van der Waals surface area contributed by atoms with Gasteiger partial charge in [0.2, 0.25) is 0 Å². The lowest BCUT2D eigenvalue weighted by Crippen LogP contribution is -2.45.